The summed E-state index contributed by atoms with van der Waals surface area (Å²) in [7, 11) is -4.46. The van der Waals surface area contributed by atoms with Gasteiger partial charge in [-0.05, 0) is 54.4 Å². The fourth-order valence-electron chi connectivity index (χ4n) is 4.02. The third kappa shape index (κ3) is 4.63. The topological polar surface area (TPSA) is 58.6 Å². The molecule has 1 aromatic carbocycles. The summed E-state index contributed by atoms with van der Waals surface area (Å²) in [5.41, 5.74) is 4.46. The van der Waals surface area contributed by atoms with Crippen molar-refractivity contribution in [1.29, 1.82) is 0 Å². The van der Waals surface area contributed by atoms with E-state index in [9.17, 15) is 9.46 Å². The number of aryl methyl sites for hydroxylation is 2. The predicted molar refractivity (Wildman–Crippen MR) is 102 cm³/mol. The van der Waals surface area contributed by atoms with Gasteiger partial charge in [0.2, 0.25) is 0 Å². The monoisotopic (exact) mass is 398 g/mol. The average Bonchev–Trinajstić information content (AvgIpc) is 2.73. The standard InChI is InChI=1S/C21H29O4P.Na/c1-5-15-9-10-21(19(8-4)13-15)14-18-12-16(6-2)11-17(7-3)20(18)24-26(22,23)25-21;/h9,11-13H,5-8,10,14H2,1-4H3,(H,22,23);/q;+1/p-1. The smallest absolute Gasteiger partial charge is 0.746 e. The molecule has 3 rings (SSSR count). The summed E-state index contributed by atoms with van der Waals surface area (Å²) in [6.45, 7) is 8.29. The minimum atomic E-state index is -4.46. The van der Waals surface area contributed by atoms with E-state index in [0.29, 0.717) is 18.6 Å². The van der Waals surface area contributed by atoms with Crippen molar-refractivity contribution < 1.29 is 48.1 Å². The maximum absolute atomic E-state index is 12.7. The Bertz CT molecular complexity index is 815. The SMILES string of the molecule is CCC1=CCC2(Cc3cc(CC)cc(CC)c3OP(=O)([O-])O2)C(CC)=C1.[Na+]. The van der Waals surface area contributed by atoms with Crippen LogP contribution in [0.15, 0.2) is 35.4 Å². The molecule has 0 N–H and O–H groups in total. The van der Waals surface area contributed by atoms with Gasteiger partial charge in [0.1, 0.15) is 11.4 Å². The van der Waals surface area contributed by atoms with Crippen LogP contribution in [0.25, 0.3) is 0 Å². The third-order valence-electron chi connectivity index (χ3n) is 5.49. The van der Waals surface area contributed by atoms with Gasteiger partial charge in [-0.2, -0.15) is 0 Å². The van der Waals surface area contributed by atoms with Crippen LogP contribution in [0, 0.1) is 0 Å². The Labute approximate surface area is 184 Å². The van der Waals surface area contributed by atoms with Crippen molar-refractivity contribution in [2.75, 3.05) is 0 Å². The Kier molecular flexibility index (Phi) is 7.63. The first-order chi connectivity index (χ1) is 12.4. The van der Waals surface area contributed by atoms with E-state index in [1.807, 2.05) is 13.0 Å². The third-order valence-corrected chi connectivity index (χ3v) is 6.46. The molecule has 2 atom stereocenters. The van der Waals surface area contributed by atoms with Gasteiger partial charge in [-0.3, -0.25) is 9.09 Å². The number of allylic oxidation sites excluding steroid dienone is 2. The summed E-state index contributed by atoms with van der Waals surface area (Å²) < 4.78 is 23.9. The normalized spacial score (nSPS) is 27.0. The quantitative estimate of drug-likeness (QED) is 0.576. The number of rotatable bonds is 4. The zero-order valence-electron chi connectivity index (χ0n) is 17.1. The van der Waals surface area contributed by atoms with E-state index in [2.05, 4.69) is 39.0 Å². The zero-order chi connectivity index (χ0) is 18.9. The van der Waals surface area contributed by atoms with E-state index in [1.165, 1.54) is 11.1 Å². The second kappa shape index (κ2) is 8.98. The fraction of sp³-hybridized carbons (Fsp3) is 0.524. The van der Waals surface area contributed by atoms with Crippen LogP contribution in [0.4, 0.5) is 0 Å². The van der Waals surface area contributed by atoms with E-state index < -0.39 is 13.4 Å². The molecule has 2 unspecified atom stereocenters. The summed E-state index contributed by atoms with van der Waals surface area (Å²) in [4.78, 5) is 12.7. The molecule has 27 heavy (non-hydrogen) atoms. The molecule has 0 radical (unpaired) electrons. The van der Waals surface area contributed by atoms with Crippen LogP contribution in [0.5, 0.6) is 5.75 Å². The van der Waals surface area contributed by atoms with Crippen LogP contribution in [0.1, 0.15) is 63.6 Å². The molecule has 1 spiro atoms. The molecule has 0 saturated carbocycles. The summed E-state index contributed by atoms with van der Waals surface area (Å²) in [6, 6.07) is 4.13. The molecular weight excluding hydrogens is 370 g/mol. The molecule has 2 aliphatic rings. The Balaban J connectivity index is 0.00000261. The second-order valence-electron chi connectivity index (χ2n) is 7.11. The first-order valence-electron chi connectivity index (χ1n) is 9.62. The van der Waals surface area contributed by atoms with Crippen LogP contribution >= 0.6 is 7.82 Å². The molecule has 0 aromatic heterocycles. The number of hydrogen-bond acceptors (Lipinski definition) is 4. The van der Waals surface area contributed by atoms with Crippen molar-refractivity contribution in [2.45, 2.75) is 71.8 Å². The van der Waals surface area contributed by atoms with Crippen molar-refractivity contribution in [3.63, 3.8) is 0 Å². The zero-order valence-corrected chi connectivity index (χ0v) is 20.0. The van der Waals surface area contributed by atoms with Crippen LogP contribution < -0.4 is 39.0 Å². The fourth-order valence-corrected chi connectivity index (χ4v) is 5.20. The van der Waals surface area contributed by atoms with Crippen molar-refractivity contribution in [1.82, 2.24) is 0 Å². The Hall–Kier alpha value is -0.350. The maximum atomic E-state index is 12.7. The number of hydrogen-bond donors (Lipinski definition) is 0. The Morgan fingerprint density at radius 1 is 1.11 bits per heavy atom. The first kappa shape index (κ1) is 22.9. The minimum Gasteiger partial charge on any atom is -0.746 e. The van der Waals surface area contributed by atoms with Gasteiger partial charge >= 0.3 is 37.4 Å². The minimum absolute atomic E-state index is 0. The molecule has 0 bridgehead atoms. The molecule has 1 heterocycles. The van der Waals surface area contributed by atoms with Gasteiger partial charge in [-0.25, -0.2) is 0 Å². The van der Waals surface area contributed by atoms with Gasteiger partial charge in [0.25, 0.3) is 0 Å². The van der Waals surface area contributed by atoms with Gasteiger partial charge in [-0.15, -0.1) is 0 Å². The van der Waals surface area contributed by atoms with Crippen LogP contribution in [-0.4, -0.2) is 5.60 Å². The maximum Gasteiger partial charge on any atom is 1.00 e. The molecule has 4 nitrogen and oxygen atoms in total. The Morgan fingerprint density at radius 3 is 2.44 bits per heavy atom. The predicted octanol–water partition coefficient (Wildman–Crippen LogP) is 2.05. The number of fused-ring (bicyclic) bond motifs is 1. The molecule has 0 saturated heterocycles. The molecule has 142 valence electrons. The average molecular weight is 398 g/mol. The summed E-state index contributed by atoms with van der Waals surface area (Å²) >= 11 is 0. The second-order valence-corrected chi connectivity index (χ2v) is 8.37. The van der Waals surface area contributed by atoms with Crippen molar-refractivity contribution in [3.8, 4) is 5.75 Å². The van der Waals surface area contributed by atoms with Crippen LogP contribution in [0.3, 0.4) is 0 Å². The summed E-state index contributed by atoms with van der Waals surface area (Å²) in [6.07, 6.45) is 8.60. The van der Waals surface area contributed by atoms with E-state index in [4.69, 9.17) is 9.05 Å². The molecule has 0 amide bonds. The number of benzene rings is 1. The van der Waals surface area contributed by atoms with Crippen molar-refractivity contribution in [3.05, 3.63) is 52.1 Å². The summed E-state index contributed by atoms with van der Waals surface area (Å²) in [5.74, 6) is 0.473. The van der Waals surface area contributed by atoms with Gasteiger partial charge in [-0.1, -0.05) is 57.6 Å². The van der Waals surface area contributed by atoms with Gasteiger partial charge in [0.05, 0.1) is 0 Å². The van der Waals surface area contributed by atoms with Crippen LogP contribution in [0.2, 0.25) is 0 Å². The molecular formula is C21H28NaO4P. The molecule has 1 aromatic rings. The Morgan fingerprint density at radius 2 is 1.85 bits per heavy atom. The number of phosphoric acid groups is 1. The molecule has 1 aliphatic heterocycles. The van der Waals surface area contributed by atoms with E-state index in [0.717, 1.165) is 42.4 Å². The molecule has 6 heteroatoms. The molecule has 0 fully saturated rings. The molecule has 1 aliphatic carbocycles. The van der Waals surface area contributed by atoms with E-state index in [-0.39, 0.29) is 29.6 Å². The summed E-state index contributed by atoms with van der Waals surface area (Å²) in [5, 5.41) is 0. The number of phosphoric ester groups is 1. The largest absolute Gasteiger partial charge is 1.00 e. The van der Waals surface area contributed by atoms with Crippen LogP contribution in [-0.2, 0) is 28.4 Å². The van der Waals surface area contributed by atoms with Gasteiger partial charge < -0.3 is 9.42 Å². The van der Waals surface area contributed by atoms with Gasteiger partial charge in [0, 0.05) is 6.42 Å². The van der Waals surface area contributed by atoms with E-state index in [1.54, 1.807) is 0 Å². The van der Waals surface area contributed by atoms with Gasteiger partial charge in [0.15, 0.2) is 0 Å². The van der Waals surface area contributed by atoms with E-state index >= 15 is 0 Å². The van der Waals surface area contributed by atoms with Crippen molar-refractivity contribution in [2.24, 2.45) is 0 Å². The van der Waals surface area contributed by atoms with Crippen molar-refractivity contribution >= 4 is 7.82 Å². The first-order valence-corrected chi connectivity index (χ1v) is 11.1.